The summed E-state index contributed by atoms with van der Waals surface area (Å²) in [5.41, 5.74) is 0. The molecule has 64 valence electrons. The third-order valence-electron chi connectivity index (χ3n) is 1.99. The van der Waals surface area contributed by atoms with Crippen LogP contribution in [-0.2, 0) is 4.79 Å². The van der Waals surface area contributed by atoms with Crippen LogP contribution in [-0.4, -0.2) is 34.9 Å². The van der Waals surface area contributed by atoms with Crippen LogP contribution in [0.2, 0.25) is 0 Å². The molecule has 1 aliphatic rings. The molecule has 0 N–H and O–H groups in total. The van der Waals surface area contributed by atoms with Crippen molar-refractivity contribution in [3.05, 3.63) is 0 Å². The summed E-state index contributed by atoms with van der Waals surface area (Å²) in [5.74, 6) is 1.39. The molecule has 0 aromatic carbocycles. The molecule has 1 unspecified atom stereocenters. The largest absolute Gasteiger partial charge is 0.342 e. The Morgan fingerprint density at radius 2 is 2.45 bits per heavy atom. The van der Waals surface area contributed by atoms with Gasteiger partial charge in [0.25, 0.3) is 0 Å². The lowest BCUT2D eigenvalue weighted by Gasteiger charge is -2.12. The molecule has 0 aromatic rings. The molecule has 11 heavy (non-hydrogen) atoms. The average molecular weight is 173 g/mol. The first-order valence-electron chi connectivity index (χ1n) is 4.11. The fourth-order valence-electron chi connectivity index (χ4n) is 1.39. The van der Waals surface area contributed by atoms with Crippen LogP contribution in [0.1, 0.15) is 20.3 Å². The summed E-state index contributed by atoms with van der Waals surface area (Å²) < 4.78 is 0. The predicted octanol–water partition coefficient (Wildman–Crippen LogP) is 1.36. The number of carbonyl (C=O) groups is 1. The van der Waals surface area contributed by atoms with Gasteiger partial charge in [-0.2, -0.15) is 11.8 Å². The molecule has 0 radical (unpaired) electrons. The van der Waals surface area contributed by atoms with Gasteiger partial charge in [0.2, 0.25) is 5.91 Å². The fourth-order valence-corrected chi connectivity index (χ4v) is 2.41. The van der Waals surface area contributed by atoms with Crippen molar-refractivity contribution in [3.63, 3.8) is 0 Å². The Kier molecular flexibility index (Phi) is 3.24. The molecule has 1 atom stereocenters. The molecule has 1 heterocycles. The normalized spacial score (nSPS) is 24.2. The topological polar surface area (TPSA) is 20.3 Å². The highest BCUT2D eigenvalue weighted by atomic mass is 32.2. The fraction of sp³-hybridized carbons (Fsp3) is 0.875. The maximum absolute atomic E-state index is 10.9. The minimum atomic E-state index is 0.226. The lowest BCUT2D eigenvalue weighted by atomic mass is 10.4. The van der Waals surface area contributed by atoms with Gasteiger partial charge in [0.1, 0.15) is 0 Å². The van der Waals surface area contributed by atoms with E-state index in [2.05, 4.69) is 6.92 Å². The number of rotatable bonds is 2. The van der Waals surface area contributed by atoms with E-state index in [0.717, 1.165) is 18.8 Å². The maximum Gasteiger partial charge on any atom is 0.219 e. The van der Waals surface area contributed by atoms with E-state index in [0.29, 0.717) is 5.25 Å². The van der Waals surface area contributed by atoms with Crippen LogP contribution >= 0.6 is 11.8 Å². The molecule has 0 saturated carbocycles. The van der Waals surface area contributed by atoms with Gasteiger partial charge in [0.15, 0.2) is 0 Å². The van der Waals surface area contributed by atoms with Crippen molar-refractivity contribution in [2.45, 2.75) is 25.5 Å². The van der Waals surface area contributed by atoms with Crippen LogP contribution in [0.25, 0.3) is 0 Å². The van der Waals surface area contributed by atoms with E-state index in [4.69, 9.17) is 0 Å². The summed E-state index contributed by atoms with van der Waals surface area (Å²) in [6, 6.07) is 0. The smallest absolute Gasteiger partial charge is 0.219 e. The second-order valence-corrected chi connectivity index (χ2v) is 4.41. The zero-order valence-corrected chi connectivity index (χ0v) is 7.99. The number of hydrogen-bond donors (Lipinski definition) is 0. The van der Waals surface area contributed by atoms with Gasteiger partial charge in [-0.15, -0.1) is 0 Å². The van der Waals surface area contributed by atoms with E-state index >= 15 is 0 Å². The van der Waals surface area contributed by atoms with E-state index in [9.17, 15) is 4.79 Å². The van der Waals surface area contributed by atoms with Gasteiger partial charge in [-0.25, -0.2) is 0 Å². The number of nitrogens with zero attached hydrogens (tertiary/aromatic N) is 1. The quantitative estimate of drug-likeness (QED) is 0.628. The maximum atomic E-state index is 10.9. The van der Waals surface area contributed by atoms with Crippen molar-refractivity contribution >= 4 is 17.7 Å². The monoisotopic (exact) mass is 173 g/mol. The van der Waals surface area contributed by atoms with Gasteiger partial charge in [-0.3, -0.25) is 4.79 Å². The zero-order chi connectivity index (χ0) is 8.27. The summed E-state index contributed by atoms with van der Waals surface area (Å²) in [4.78, 5) is 12.9. The molecule has 0 spiro atoms. The highest BCUT2D eigenvalue weighted by Gasteiger charge is 2.23. The van der Waals surface area contributed by atoms with E-state index in [-0.39, 0.29) is 5.91 Å². The Morgan fingerprint density at radius 3 is 2.91 bits per heavy atom. The van der Waals surface area contributed by atoms with Crippen molar-refractivity contribution in [1.29, 1.82) is 0 Å². The van der Waals surface area contributed by atoms with Crippen molar-refractivity contribution in [3.8, 4) is 0 Å². The van der Waals surface area contributed by atoms with Crippen molar-refractivity contribution < 1.29 is 4.79 Å². The Balaban J connectivity index is 2.29. The average Bonchev–Trinajstić information content (AvgIpc) is 2.37. The minimum absolute atomic E-state index is 0.226. The second-order valence-electron chi connectivity index (χ2n) is 2.83. The Bertz CT molecular complexity index is 149. The van der Waals surface area contributed by atoms with Crippen LogP contribution in [0.3, 0.4) is 0 Å². The third-order valence-corrected chi connectivity index (χ3v) is 3.18. The molecule has 0 aromatic heterocycles. The van der Waals surface area contributed by atoms with Gasteiger partial charge in [-0.1, -0.05) is 6.92 Å². The molecular weight excluding hydrogens is 158 g/mol. The summed E-state index contributed by atoms with van der Waals surface area (Å²) in [5, 5.41) is 0.698. The Labute approximate surface area is 72.3 Å². The zero-order valence-electron chi connectivity index (χ0n) is 7.17. The van der Waals surface area contributed by atoms with Gasteiger partial charge >= 0.3 is 0 Å². The number of hydrogen-bond acceptors (Lipinski definition) is 2. The Hall–Kier alpha value is -0.180. The van der Waals surface area contributed by atoms with Crippen molar-refractivity contribution in [2.75, 3.05) is 18.8 Å². The van der Waals surface area contributed by atoms with Gasteiger partial charge in [0, 0.05) is 25.3 Å². The predicted molar refractivity (Wildman–Crippen MR) is 48.8 cm³/mol. The summed E-state index contributed by atoms with van der Waals surface area (Å²) in [6.45, 7) is 5.75. The lowest BCUT2D eigenvalue weighted by Crippen LogP contribution is -2.26. The van der Waals surface area contributed by atoms with Crippen LogP contribution < -0.4 is 0 Å². The molecule has 1 saturated heterocycles. The Morgan fingerprint density at radius 1 is 1.73 bits per heavy atom. The van der Waals surface area contributed by atoms with E-state index in [1.165, 1.54) is 6.42 Å². The van der Waals surface area contributed by atoms with E-state index in [1.54, 1.807) is 6.92 Å². The first kappa shape index (κ1) is 8.91. The van der Waals surface area contributed by atoms with Gasteiger partial charge in [-0.05, 0) is 12.2 Å². The van der Waals surface area contributed by atoms with Gasteiger partial charge in [0.05, 0.1) is 0 Å². The molecule has 2 nitrogen and oxygen atoms in total. The van der Waals surface area contributed by atoms with E-state index in [1.807, 2.05) is 16.7 Å². The van der Waals surface area contributed by atoms with Crippen molar-refractivity contribution in [1.82, 2.24) is 4.90 Å². The van der Waals surface area contributed by atoms with Crippen LogP contribution in [0.4, 0.5) is 0 Å². The van der Waals surface area contributed by atoms with Crippen LogP contribution in [0.5, 0.6) is 0 Å². The minimum Gasteiger partial charge on any atom is -0.342 e. The third kappa shape index (κ3) is 2.40. The summed E-state index contributed by atoms with van der Waals surface area (Å²) in [6.07, 6.45) is 1.18. The highest BCUT2D eigenvalue weighted by molar-refractivity contribution is 7.99. The highest BCUT2D eigenvalue weighted by Crippen LogP contribution is 2.21. The van der Waals surface area contributed by atoms with Crippen molar-refractivity contribution in [2.24, 2.45) is 0 Å². The van der Waals surface area contributed by atoms with Crippen LogP contribution in [0, 0.1) is 0 Å². The van der Waals surface area contributed by atoms with Gasteiger partial charge < -0.3 is 4.90 Å². The first-order valence-corrected chi connectivity index (χ1v) is 5.16. The molecule has 1 rings (SSSR count). The molecule has 1 amide bonds. The SMILES string of the molecule is CCSC1CCN(C(C)=O)C1. The number of likely N-dealkylation sites (tertiary alicyclic amines) is 1. The van der Waals surface area contributed by atoms with E-state index < -0.39 is 0 Å². The molecule has 3 heteroatoms. The molecule has 1 fully saturated rings. The molecule has 1 aliphatic heterocycles. The number of amides is 1. The summed E-state index contributed by atoms with van der Waals surface area (Å²) >= 11 is 1.97. The first-order chi connectivity index (χ1) is 5.24. The standard InChI is InChI=1S/C8H15NOS/c1-3-11-8-4-5-9(6-8)7(2)10/h8H,3-6H2,1-2H3. The lowest BCUT2D eigenvalue weighted by molar-refractivity contribution is -0.127. The second kappa shape index (κ2) is 4.00. The molecule has 0 bridgehead atoms. The summed E-state index contributed by atoms with van der Waals surface area (Å²) in [7, 11) is 0. The van der Waals surface area contributed by atoms with Crippen LogP contribution in [0.15, 0.2) is 0 Å². The number of thioether (sulfide) groups is 1. The number of carbonyl (C=O) groups excluding carboxylic acids is 1. The molecule has 0 aliphatic carbocycles. The molecular formula is C8H15NOS.